The second kappa shape index (κ2) is 10.6. The number of thiophene rings is 1. The first-order valence-electron chi connectivity index (χ1n) is 10.7. The number of allylic oxidation sites excluding steroid dienone is 5. The van der Waals surface area contributed by atoms with Gasteiger partial charge in [0.25, 0.3) is 0 Å². The van der Waals surface area contributed by atoms with Gasteiger partial charge in [-0.05, 0) is 91.2 Å². The molecule has 1 aromatic heterocycles. The topological polar surface area (TPSA) is 69.3 Å². The smallest absolute Gasteiger partial charge is 0.131 e. The SMILES string of the molecule is COc1ccc(N(C2=CC=C(c3ccc(C=C(C#N)C#N)s3)CC2)c2ccc(OC)cc2)cc1. The van der Waals surface area contributed by atoms with Crippen LogP contribution in [0.25, 0.3) is 11.6 Å². The Hall–Kier alpha value is -4.26. The molecule has 0 saturated carbocycles. The van der Waals surface area contributed by atoms with E-state index in [4.69, 9.17) is 20.0 Å². The minimum Gasteiger partial charge on any atom is -0.497 e. The molecule has 3 aromatic rings. The van der Waals surface area contributed by atoms with Crippen molar-refractivity contribution in [1.29, 1.82) is 10.5 Å². The van der Waals surface area contributed by atoms with Gasteiger partial charge in [-0.3, -0.25) is 0 Å². The number of rotatable bonds is 7. The maximum absolute atomic E-state index is 9.00. The van der Waals surface area contributed by atoms with Crippen molar-refractivity contribution in [2.45, 2.75) is 12.8 Å². The van der Waals surface area contributed by atoms with Crippen LogP contribution in [0.1, 0.15) is 22.6 Å². The lowest BCUT2D eigenvalue weighted by Crippen LogP contribution is -2.17. The van der Waals surface area contributed by atoms with Crippen molar-refractivity contribution in [3.8, 4) is 23.6 Å². The largest absolute Gasteiger partial charge is 0.497 e. The molecular weight excluding hydrogens is 442 g/mol. The fourth-order valence-corrected chi connectivity index (χ4v) is 4.80. The maximum Gasteiger partial charge on any atom is 0.131 e. The third-order valence-electron chi connectivity index (χ3n) is 5.55. The first-order valence-corrected chi connectivity index (χ1v) is 11.6. The number of hydrogen-bond acceptors (Lipinski definition) is 6. The second-order valence-corrected chi connectivity index (χ2v) is 8.68. The van der Waals surface area contributed by atoms with Crippen molar-refractivity contribution in [2.24, 2.45) is 0 Å². The fraction of sp³-hybridized carbons (Fsp3) is 0.143. The van der Waals surface area contributed by atoms with Crippen LogP contribution in [0, 0.1) is 22.7 Å². The van der Waals surface area contributed by atoms with Crippen LogP contribution in [0.4, 0.5) is 11.4 Å². The van der Waals surface area contributed by atoms with E-state index in [0.717, 1.165) is 45.5 Å². The standard InChI is InChI=1S/C28H23N3O2S/c1-32-25-11-7-23(8-12-25)31(24-9-13-26(33-2)14-10-24)22-5-3-21(4-6-22)28-16-15-27(34-28)17-20(18-29)19-30/h3,5,7-17H,4,6H2,1-2H3. The third-order valence-corrected chi connectivity index (χ3v) is 6.65. The average molecular weight is 466 g/mol. The lowest BCUT2D eigenvalue weighted by molar-refractivity contribution is 0.415. The Balaban J connectivity index is 1.66. The zero-order valence-corrected chi connectivity index (χ0v) is 19.8. The monoisotopic (exact) mass is 465 g/mol. The molecule has 4 rings (SSSR count). The first-order chi connectivity index (χ1) is 16.6. The van der Waals surface area contributed by atoms with Gasteiger partial charge in [-0.2, -0.15) is 10.5 Å². The molecule has 5 nitrogen and oxygen atoms in total. The van der Waals surface area contributed by atoms with Gasteiger partial charge in [0.15, 0.2) is 0 Å². The Labute approximate surface area is 203 Å². The first kappa shape index (κ1) is 22.9. The van der Waals surface area contributed by atoms with E-state index in [-0.39, 0.29) is 5.57 Å². The number of anilines is 2. The van der Waals surface area contributed by atoms with Gasteiger partial charge in [0.05, 0.1) is 14.2 Å². The van der Waals surface area contributed by atoms with E-state index in [1.165, 1.54) is 11.3 Å². The average Bonchev–Trinajstić information content (AvgIpc) is 3.37. The van der Waals surface area contributed by atoms with Gasteiger partial charge >= 0.3 is 0 Å². The van der Waals surface area contributed by atoms with Crippen LogP contribution in [0.3, 0.4) is 0 Å². The van der Waals surface area contributed by atoms with Crippen LogP contribution in [-0.4, -0.2) is 14.2 Å². The summed E-state index contributed by atoms with van der Waals surface area (Å²) in [6, 6.07) is 23.9. The molecule has 1 aliphatic carbocycles. The molecule has 0 atom stereocenters. The van der Waals surface area contributed by atoms with E-state index in [2.05, 4.69) is 47.4 Å². The summed E-state index contributed by atoms with van der Waals surface area (Å²) in [4.78, 5) is 4.31. The molecule has 0 spiro atoms. The predicted molar refractivity (Wildman–Crippen MR) is 137 cm³/mol. The quantitative estimate of drug-likeness (QED) is 0.348. The summed E-state index contributed by atoms with van der Waals surface area (Å²) in [5.74, 6) is 1.63. The molecule has 2 aromatic carbocycles. The van der Waals surface area contributed by atoms with Gasteiger partial charge in [-0.1, -0.05) is 6.08 Å². The minimum absolute atomic E-state index is 0.114. The summed E-state index contributed by atoms with van der Waals surface area (Å²) in [7, 11) is 3.33. The fourth-order valence-electron chi connectivity index (χ4n) is 3.80. The molecule has 0 saturated heterocycles. The van der Waals surface area contributed by atoms with Crippen LogP contribution in [0.5, 0.6) is 11.5 Å². The van der Waals surface area contributed by atoms with E-state index in [1.807, 2.05) is 42.5 Å². The summed E-state index contributed by atoms with van der Waals surface area (Å²) in [5.41, 5.74) is 4.65. The third kappa shape index (κ3) is 5.04. The molecule has 0 unspecified atom stereocenters. The molecule has 0 fully saturated rings. The number of methoxy groups -OCH3 is 2. The van der Waals surface area contributed by atoms with Gasteiger partial charge in [-0.15, -0.1) is 11.3 Å². The van der Waals surface area contributed by atoms with E-state index in [1.54, 1.807) is 31.6 Å². The van der Waals surface area contributed by atoms with Gasteiger partial charge < -0.3 is 14.4 Å². The van der Waals surface area contributed by atoms with Gasteiger partial charge in [0, 0.05) is 26.8 Å². The van der Waals surface area contributed by atoms with E-state index in [0.29, 0.717) is 0 Å². The second-order valence-electron chi connectivity index (χ2n) is 7.57. The van der Waals surface area contributed by atoms with E-state index >= 15 is 0 Å². The summed E-state index contributed by atoms with van der Waals surface area (Å²) in [6.45, 7) is 0. The summed E-state index contributed by atoms with van der Waals surface area (Å²) in [5, 5.41) is 18.0. The van der Waals surface area contributed by atoms with Crippen molar-refractivity contribution < 1.29 is 9.47 Å². The number of nitrogens with zero attached hydrogens (tertiary/aromatic N) is 3. The maximum atomic E-state index is 9.00. The number of hydrogen-bond donors (Lipinski definition) is 0. The Morgan fingerprint density at radius 2 is 1.41 bits per heavy atom. The molecule has 0 amide bonds. The van der Waals surface area contributed by atoms with Crippen molar-refractivity contribution in [1.82, 2.24) is 0 Å². The van der Waals surface area contributed by atoms with Gasteiger partial charge in [-0.25, -0.2) is 0 Å². The zero-order chi connectivity index (χ0) is 23.9. The normalized spacial score (nSPS) is 12.5. The molecule has 0 N–H and O–H groups in total. The van der Waals surface area contributed by atoms with Crippen LogP contribution in [0.2, 0.25) is 0 Å². The highest BCUT2D eigenvalue weighted by Crippen LogP contribution is 2.38. The lowest BCUT2D eigenvalue weighted by Gasteiger charge is -2.30. The summed E-state index contributed by atoms with van der Waals surface area (Å²) in [6.07, 6.45) is 7.72. The molecular formula is C28H23N3O2S. The van der Waals surface area contributed by atoms with Crippen molar-refractivity contribution in [3.63, 3.8) is 0 Å². The molecule has 6 heteroatoms. The molecule has 0 aliphatic heterocycles. The molecule has 1 heterocycles. The number of nitriles is 2. The Bertz CT molecular complexity index is 1270. The molecule has 168 valence electrons. The molecule has 0 bridgehead atoms. The van der Waals surface area contributed by atoms with Crippen LogP contribution >= 0.6 is 11.3 Å². The van der Waals surface area contributed by atoms with Crippen molar-refractivity contribution in [2.75, 3.05) is 19.1 Å². The number of ether oxygens (including phenoxy) is 2. The van der Waals surface area contributed by atoms with Crippen LogP contribution in [-0.2, 0) is 0 Å². The van der Waals surface area contributed by atoms with E-state index < -0.39 is 0 Å². The van der Waals surface area contributed by atoms with E-state index in [9.17, 15) is 0 Å². The van der Waals surface area contributed by atoms with Gasteiger partial charge in [0.2, 0.25) is 0 Å². The highest BCUT2D eigenvalue weighted by molar-refractivity contribution is 7.14. The summed E-state index contributed by atoms with van der Waals surface area (Å²) >= 11 is 1.59. The van der Waals surface area contributed by atoms with Crippen LogP contribution in [0.15, 0.2) is 84.1 Å². The zero-order valence-electron chi connectivity index (χ0n) is 19.0. The lowest BCUT2D eigenvalue weighted by atomic mass is 9.99. The molecule has 34 heavy (non-hydrogen) atoms. The Morgan fingerprint density at radius 1 is 0.824 bits per heavy atom. The highest BCUT2D eigenvalue weighted by Gasteiger charge is 2.19. The Morgan fingerprint density at radius 3 is 1.88 bits per heavy atom. The van der Waals surface area contributed by atoms with Gasteiger partial charge in [0.1, 0.15) is 29.2 Å². The number of benzene rings is 2. The van der Waals surface area contributed by atoms with Crippen molar-refractivity contribution >= 4 is 34.4 Å². The van der Waals surface area contributed by atoms with Crippen molar-refractivity contribution in [3.05, 3.63) is 93.8 Å². The summed E-state index contributed by atoms with van der Waals surface area (Å²) < 4.78 is 10.7. The van der Waals surface area contributed by atoms with Crippen LogP contribution < -0.4 is 14.4 Å². The predicted octanol–water partition coefficient (Wildman–Crippen LogP) is 7.10. The minimum atomic E-state index is 0.114. The molecule has 0 radical (unpaired) electrons. The Kier molecular flexibility index (Phi) is 7.13. The molecule has 1 aliphatic rings. The highest BCUT2D eigenvalue weighted by atomic mass is 32.1.